The van der Waals surface area contributed by atoms with E-state index in [-0.39, 0.29) is 12.1 Å². The maximum atomic E-state index is 9.04. The molecule has 3 heteroatoms. The van der Waals surface area contributed by atoms with Crippen LogP contribution in [0.3, 0.4) is 0 Å². The first kappa shape index (κ1) is 14.8. The van der Waals surface area contributed by atoms with Crippen LogP contribution in [0.1, 0.15) is 45.6 Å². The smallest absolute Gasteiger partial charge is 0.122 e. The molecule has 2 N–H and O–H groups in total. The molecule has 1 rings (SSSR count). The molecule has 3 nitrogen and oxygen atoms in total. The summed E-state index contributed by atoms with van der Waals surface area (Å²) in [4.78, 5) is 0. The van der Waals surface area contributed by atoms with E-state index in [4.69, 9.17) is 9.84 Å². The number of hydrogen-bond donors (Lipinski definition) is 2. The summed E-state index contributed by atoms with van der Waals surface area (Å²) in [6.45, 7) is 8.67. The maximum Gasteiger partial charge on any atom is 0.122 e. The molecular formula is C15H25NO2. The Balaban J connectivity index is 2.95. The fraction of sp³-hybridized carbons (Fsp3) is 0.600. The first-order valence-corrected chi connectivity index (χ1v) is 6.46. The lowest BCUT2D eigenvalue weighted by atomic mass is 9.98. The number of aliphatic hydroxyl groups is 1. The van der Waals surface area contributed by atoms with Gasteiger partial charge in [0, 0.05) is 17.8 Å². The Bertz CT molecular complexity index is 386. The topological polar surface area (TPSA) is 41.5 Å². The second-order valence-electron chi connectivity index (χ2n) is 5.59. The van der Waals surface area contributed by atoms with E-state index in [0.717, 1.165) is 17.9 Å². The molecule has 0 spiro atoms. The minimum Gasteiger partial charge on any atom is -0.496 e. The molecule has 0 fully saturated rings. The highest BCUT2D eigenvalue weighted by Gasteiger charge is 2.17. The molecule has 102 valence electrons. The number of methoxy groups -OCH3 is 1. The van der Waals surface area contributed by atoms with Gasteiger partial charge in [0.25, 0.3) is 0 Å². The van der Waals surface area contributed by atoms with Crippen molar-refractivity contribution in [3.8, 4) is 5.75 Å². The third-order valence-corrected chi connectivity index (χ3v) is 3.07. The van der Waals surface area contributed by atoms with Gasteiger partial charge in [-0.3, -0.25) is 0 Å². The molecule has 0 aromatic heterocycles. The van der Waals surface area contributed by atoms with E-state index in [0.29, 0.717) is 5.92 Å². The molecule has 0 radical (unpaired) electrons. The van der Waals surface area contributed by atoms with Crippen molar-refractivity contribution in [3.63, 3.8) is 0 Å². The van der Waals surface area contributed by atoms with E-state index in [9.17, 15) is 0 Å². The van der Waals surface area contributed by atoms with E-state index >= 15 is 0 Å². The van der Waals surface area contributed by atoms with Crippen LogP contribution in [0.25, 0.3) is 0 Å². The summed E-state index contributed by atoms with van der Waals surface area (Å²) < 4.78 is 5.37. The van der Waals surface area contributed by atoms with Gasteiger partial charge < -0.3 is 15.2 Å². The van der Waals surface area contributed by atoms with Crippen molar-refractivity contribution in [2.75, 3.05) is 19.0 Å². The average molecular weight is 251 g/mol. The molecule has 0 aliphatic heterocycles. The van der Waals surface area contributed by atoms with Gasteiger partial charge in [-0.2, -0.15) is 0 Å². The Morgan fingerprint density at radius 3 is 2.50 bits per heavy atom. The normalized spacial score (nSPS) is 11.7. The predicted octanol–water partition coefficient (Wildman–Crippen LogP) is 3.39. The molecule has 0 atom stereocenters. The summed E-state index contributed by atoms with van der Waals surface area (Å²) in [6, 6.07) is 6.14. The second-order valence-corrected chi connectivity index (χ2v) is 5.59. The monoisotopic (exact) mass is 251 g/mol. The zero-order chi connectivity index (χ0) is 13.8. The van der Waals surface area contributed by atoms with Gasteiger partial charge in [-0.05, 0) is 49.9 Å². The summed E-state index contributed by atoms with van der Waals surface area (Å²) in [6.07, 6.45) is 0.718. The zero-order valence-corrected chi connectivity index (χ0v) is 12.1. The van der Waals surface area contributed by atoms with Gasteiger partial charge in [-0.1, -0.05) is 13.8 Å². The van der Waals surface area contributed by atoms with Crippen molar-refractivity contribution in [1.29, 1.82) is 0 Å². The molecule has 0 unspecified atom stereocenters. The summed E-state index contributed by atoms with van der Waals surface area (Å²) in [7, 11) is 1.70. The van der Waals surface area contributed by atoms with Crippen molar-refractivity contribution < 1.29 is 9.84 Å². The molecule has 0 heterocycles. The highest BCUT2D eigenvalue weighted by atomic mass is 16.5. The average Bonchev–Trinajstić information content (AvgIpc) is 2.28. The van der Waals surface area contributed by atoms with Gasteiger partial charge in [-0.15, -0.1) is 0 Å². The fourth-order valence-corrected chi connectivity index (χ4v) is 2.00. The minimum atomic E-state index is -0.114. The van der Waals surface area contributed by atoms with E-state index in [1.54, 1.807) is 7.11 Å². The molecule has 0 saturated heterocycles. The lowest BCUT2D eigenvalue weighted by molar-refractivity contribution is 0.261. The third-order valence-electron chi connectivity index (χ3n) is 3.07. The SMILES string of the molecule is COc1ccc(NC(C)(C)CCO)cc1C(C)C. The molecule has 0 bridgehead atoms. The van der Waals surface area contributed by atoms with Crippen molar-refractivity contribution in [2.24, 2.45) is 0 Å². The van der Waals surface area contributed by atoms with Gasteiger partial charge in [0.15, 0.2) is 0 Å². The number of ether oxygens (including phenoxy) is 1. The largest absolute Gasteiger partial charge is 0.496 e. The molecule has 1 aromatic rings. The van der Waals surface area contributed by atoms with Crippen LogP contribution in [0, 0.1) is 0 Å². The van der Waals surface area contributed by atoms with Crippen LogP contribution in [0.15, 0.2) is 18.2 Å². The second kappa shape index (κ2) is 6.10. The molecule has 0 aliphatic rings. The first-order valence-electron chi connectivity index (χ1n) is 6.46. The number of hydrogen-bond acceptors (Lipinski definition) is 3. The van der Waals surface area contributed by atoms with Crippen LogP contribution in [-0.4, -0.2) is 24.4 Å². The van der Waals surface area contributed by atoms with Gasteiger partial charge >= 0.3 is 0 Å². The van der Waals surface area contributed by atoms with Gasteiger partial charge in [0.05, 0.1) is 7.11 Å². The lowest BCUT2D eigenvalue weighted by Gasteiger charge is -2.27. The summed E-state index contributed by atoms with van der Waals surface area (Å²) in [5.74, 6) is 1.35. The van der Waals surface area contributed by atoms with Crippen molar-refractivity contribution >= 4 is 5.69 Å². The maximum absolute atomic E-state index is 9.04. The Morgan fingerprint density at radius 2 is 2.00 bits per heavy atom. The summed E-state index contributed by atoms with van der Waals surface area (Å²) >= 11 is 0. The van der Waals surface area contributed by atoms with E-state index < -0.39 is 0 Å². The number of nitrogens with one attached hydrogen (secondary N) is 1. The van der Waals surface area contributed by atoms with Crippen molar-refractivity contribution in [2.45, 2.75) is 45.6 Å². The van der Waals surface area contributed by atoms with Crippen LogP contribution in [0.2, 0.25) is 0 Å². The summed E-state index contributed by atoms with van der Waals surface area (Å²) in [5.41, 5.74) is 2.15. The molecule has 18 heavy (non-hydrogen) atoms. The first-order chi connectivity index (χ1) is 8.39. The molecule has 0 amide bonds. The quantitative estimate of drug-likeness (QED) is 0.814. The molecule has 0 saturated carbocycles. The summed E-state index contributed by atoms with van der Waals surface area (Å²) in [5, 5.41) is 12.5. The standard InChI is InChI=1S/C15H25NO2/c1-11(2)13-10-12(6-7-14(13)18-5)16-15(3,4)8-9-17/h6-7,10-11,16-17H,8-9H2,1-5H3. The highest BCUT2D eigenvalue weighted by molar-refractivity contribution is 5.53. The van der Waals surface area contributed by atoms with Gasteiger partial charge in [0.2, 0.25) is 0 Å². The fourth-order valence-electron chi connectivity index (χ4n) is 2.00. The molecule has 1 aromatic carbocycles. The van der Waals surface area contributed by atoms with Crippen LogP contribution >= 0.6 is 0 Å². The van der Waals surface area contributed by atoms with Gasteiger partial charge in [-0.25, -0.2) is 0 Å². The Hall–Kier alpha value is -1.22. The van der Waals surface area contributed by atoms with E-state index in [1.165, 1.54) is 5.56 Å². The van der Waals surface area contributed by atoms with E-state index in [1.807, 2.05) is 12.1 Å². The predicted molar refractivity (Wildman–Crippen MR) is 76.5 cm³/mol. The third kappa shape index (κ3) is 3.91. The van der Waals surface area contributed by atoms with Crippen molar-refractivity contribution in [1.82, 2.24) is 0 Å². The van der Waals surface area contributed by atoms with Crippen LogP contribution in [0.5, 0.6) is 5.75 Å². The highest BCUT2D eigenvalue weighted by Crippen LogP contribution is 2.30. The lowest BCUT2D eigenvalue weighted by Crippen LogP contribution is -2.31. The minimum absolute atomic E-state index is 0.114. The van der Waals surface area contributed by atoms with E-state index in [2.05, 4.69) is 39.1 Å². The van der Waals surface area contributed by atoms with Crippen LogP contribution in [-0.2, 0) is 0 Å². The Morgan fingerprint density at radius 1 is 1.33 bits per heavy atom. The van der Waals surface area contributed by atoms with Crippen LogP contribution in [0.4, 0.5) is 5.69 Å². The van der Waals surface area contributed by atoms with Gasteiger partial charge in [0.1, 0.15) is 5.75 Å². The number of aliphatic hydroxyl groups excluding tert-OH is 1. The number of benzene rings is 1. The zero-order valence-electron chi connectivity index (χ0n) is 12.1. The Labute approximate surface area is 110 Å². The number of rotatable bonds is 6. The molecule has 0 aliphatic carbocycles. The van der Waals surface area contributed by atoms with Crippen LogP contribution < -0.4 is 10.1 Å². The number of anilines is 1. The van der Waals surface area contributed by atoms with Crippen molar-refractivity contribution in [3.05, 3.63) is 23.8 Å². The molecular weight excluding hydrogens is 226 g/mol. The Kier molecular flexibility index (Phi) is 5.03.